The fourth-order valence-corrected chi connectivity index (χ4v) is 11.8. The number of aliphatic hydroxyl groups is 1. The predicted molar refractivity (Wildman–Crippen MR) is 349 cm³/mol. The highest BCUT2D eigenvalue weighted by atomic mass is 31.2. The van der Waals surface area contributed by atoms with Crippen LogP contribution in [0.5, 0.6) is 0 Å². The van der Waals surface area contributed by atoms with Gasteiger partial charge in [-0.3, -0.25) is 37.3 Å². The smallest absolute Gasteiger partial charge is 0.462 e. The first-order chi connectivity index (χ1) is 41.9. The Morgan fingerprint density at radius 3 is 0.874 bits per heavy atom. The first-order valence-corrected chi connectivity index (χ1v) is 38.5. The van der Waals surface area contributed by atoms with Crippen molar-refractivity contribution >= 4 is 39.5 Å². The van der Waals surface area contributed by atoms with Gasteiger partial charge in [-0.2, -0.15) is 0 Å². The molecule has 0 aliphatic rings. The third-order valence-electron chi connectivity index (χ3n) is 16.1. The van der Waals surface area contributed by atoms with Crippen LogP contribution in [0.25, 0.3) is 0 Å². The zero-order valence-electron chi connectivity index (χ0n) is 56.3. The lowest BCUT2D eigenvalue weighted by Gasteiger charge is -2.21. The van der Waals surface area contributed by atoms with Crippen LogP contribution >= 0.6 is 15.6 Å². The average molecular weight is 1280 g/mol. The van der Waals surface area contributed by atoms with Crippen LogP contribution < -0.4 is 0 Å². The fourth-order valence-electron chi connectivity index (χ4n) is 10.2. The number of esters is 4. The summed E-state index contributed by atoms with van der Waals surface area (Å²) in [5.41, 5.74) is 0. The summed E-state index contributed by atoms with van der Waals surface area (Å²) >= 11 is 0. The molecule has 3 N–H and O–H groups in total. The number of carbonyl (C=O) groups is 4. The number of aliphatic hydroxyl groups excluding tert-OH is 1. The molecule has 0 aromatic rings. The van der Waals surface area contributed by atoms with Crippen molar-refractivity contribution in [2.75, 3.05) is 39.6 Å². The minimum Gasteiger partial charge on any atom is -0.462 e. The van der Waals surface area contributed by atoms with Crippen LogP contribution in [0.3, 0.4) is 0 Å². The van der Waals surface area contributed by atoms with Crippen LogP contribution in [0.15, 0.2) is 0 Å². The third-order valence-corrected chi connectivity index (χ3v) is 18.0. The van der Waals surface area contributed by atoms with Gasteiger partial charge >= 0.3 is 39.5 Å². The van der Waals surface area contributed by atoms with Crippen LogP contribution in [-0.2, 0) is 65.4 Å². The zero-order chi connectivity index (χ0) is 64.3. The molecule has 516 valence electrons. The Balaban J connectivity index is 5.17. The van der Waals surface area contributed by atoms with Crippen molar-refractivity contribution in [2.45, 2.75) is 362 Å². The molecule has 6 atom stereocenters. The standard InChI is InChI=1S/C68H132O17P2/c1-7-10-12-14-15-16-21-29-34-40-46-52-67(72)84-63(56-78-65(70)50-44-36-13-11-8-2)58-82-86(74,75)80-54-62(69)55-81-87(76,77)83-59-64(57-79-66(71)51-45-39-33-28-25-24-27-32-38-43-49-61(6)9-3)85-68(73)53-47-41-35-30-23-20-18-17-19-22-26-31-37-42-48-60(4)5/h60-64,69H,7-59H2,1-6H3,(H,74,75)(H,76,77)/t61?,62-,63+,64+/m0/s1. The lowest BCUT2D eigenvalue weighted by molar-refractivity contribution is -0.161. The summed E-state index contributed by atoms with van der Waals surface area (Å²) in [6, 6.07) is 0. The van der Waals surface area contributed by atoms with Crippen molar-refractivity contribution in [3.8, 4) is 0 Å². The summed E-state index contributed by atoms with van der Waals surface area (Å²) in [6.07, 6.45) is 44.7. The molecule has 0 bridgehead atoms. The Labute approximate surface area is 530 Å². The van der Waals surface area contributed by atoms with E-state index in [-0.39, 0.29) is 25.7 Å². The van der Waals surface area contributed by atoms with Gasteiger partial charge in [-0.1, -0.05) is 292 Å². The van der Waals surface area contributed by atoms with E-state index in [4.69, 9.17) is 37.0 Å². The third kappa shape index (κ3) is 61.3. The number of rotatable bonds is 67. The van der Waals surface area contributed by atoms with Gasteiger partial charge in [0.2, 0.25) is 0 Å². The Bertz CT molecular complexity index is 1700. The van der Waals surface area contributed by atoms with E-state index >= 15 is 0 Å². The minimum atomic E-state index is -4.95. The van der Waals surface area contributed by atoms with Crippen LogP contribution in [-0.4, -0.2) is 96.7 Å². The van der Waals surface area contributed by atoms with Crippen molar-refractivity contribution in [3.63, 3.8) is 0 Å². The number of phosphoric acid groups is 2. The topological polar surface area (TPSA) is 237 Å². The van der Waals surface area contributed by atoms with E-state index in [9.17, 15) is 43.2 Å². The van der Waals surface area contributed by atoms with Crippen LogP contribution in [0.2, 0.25) is 0 Å². The summed E-state index contributed by atoms with van der Waals surface area (Å²) < 4.78 is 68.0. The highest BCUT2D eigenvalue weighted by Gasteiger charge is 2.30. The van der Waals surface area contributed by atoms with Crippen molar-refractivity contribution < 1.29 is 80.2 Å². The molecule has 0 aliphatic carbocycles. The second kappa shape index (κ2) is 60.3. The molecule has 0 radical (unpaired) electrons. The summed E-state index contributed by atoms with van der Waals surface area (Å²) in [6.45, 7) is 9.49. The number of carbonyl (C=O) groups excluding carboxylic acids is 4. The molecule has 87 heavy (non-hydrogen) atoms. The maximum absolute atomic E-state index is 13.0. The van der Waals surface area contributed by atoms with E-state index in [1.165, 1.54) is 154 Å². The molecule has 0 aliphatic heterocycles. The fraction of sp³-hybridized carbons (Fsp3) is 0.941. The quantitative estimate of drug-likeness (QED) is 0.0222. The van der Waals surface area contributed by atoms with Crippen LogP contribution in [0.4, 0.5) is 0 Å². The zero-order valence-corrected chi connectivity index (χ0v) is 58.1. The lowest BCUT2D eigenvalue weighted by Crippen LogP contribution is -2.30. The number of hydrogen-bond donors (Lipinski definition) is 3. The van der Waals surface area contributed by atoms with Gasteiger partial charge in [-0.15, -0.1) is 0 Å². The van der Waals surface area contributed by atoms with Crippen LogP contribution in [0, 0.1) is 11.8 Å². The maximum Gasteiger partial charge on any atom is 0.472 e. The Kier molecular flexibility index (Phi) is 59.0. The first-order valence-electron chi connectivity index (χ1n) is 35.5. The minimum absolute atomic E-state index is 0.106. The van der Waals surface area contributed by atoms with E-state index in [0.717, 1.165) is 108 Å². The van der Waals surface area contributed by atoms with Gasteiger partial charge in [0.1, 0.15) is 19.3 Å². The molecule has 0 saturated heterocycles. The molecule has 0 aromatic carbocycles. The molecular weight excluding hydrogens is 1150 g/mol. The SMILES string of the molecule is CCCCCCCCCCCCCC(=O)O[C@H](COC(=O)CCCCCCC)COP(=O)(O)OC[C@H](O)COP(=O)(O)OC[C@@H](COC(=O)CCCCCCCCCCCCC(C)CC)OC(=O)CCCCCCCCCCCCCCCCC(C)C. The normalized spacial score (nSPS) is 14.5. The van der Waals surface area contributed by atoms with Gasteiger partial charge in [-0.05, 0) is 37.5 Å². The molecule has 0 fully saturated rings. The van der Waals surface area contributed by atoms with Crippen LogP contribution in [0.1, 0.15) is 343 Å². The van der Waals surface area contributed by atoms with E-state index in [1.54, 1.807) is 0 Å². The number of ether oxygens (including phenoxy) is 4. The van der Waals surface area contributed by atoms with Gasteiger partial charge in [-0.25, -0.2) is 9.13 Å². The highest BCUT2D eigenvalue weighted by Crippen LogP contribution is 2.45. The first kappa shape index (κ1) is 85.1. The van der Waals surface area contributed by atoms with Gasteiger partial charge in [0.15, 0.2) is 12.2 Å². The number of phosphoric ester groups is 2. The molecular formula is C68H132O17P2. The monoisotopic (exact) mass is 1280 g/mol. The van der Waals surface area contributed by atoms with E-state index in [1.807, 2.05) is 0 Å². The van der Waals surface area contributed by atoms with Gasteiger partial charge < -0.3 is 33.8 Å². The average Bonchev–Trinajstić information content (AvgIpc) is 3.60. The van der Waals surface area contributed by atoms with E-state index in [0.29, 0.717) is 25.7 Å². The van der Waals surface area contributed by atoms with E-state index < -0.39 is 97.5 Å². The predicted octanol–water partition coefficient (Wildman–Crippen LogP) is 19.2. The van der Waals surface area contributed by atoms with Gasteiger partial charge in [0.25, 0.3) is 0 Å². The largest absolute Gasteiger partial charge is 0.472 e. The lowest BCUT2D eigenvalue weighted by atomic mass is 9.99. The summed E-state index contributed by atoms with van der Waals surface area (Å²) in [7, 11) is -9.89. The Morgan fingerprint density at radius 1 is 0.333 bits per heavy atom. The molecule has 3 unspecified atom stereocenters. The molecule has 0 spiro atoms. The second-order valence-corrected chi connectivity index (χ2v) is 28.2. The van der Waals surface area contributed by atoms with Gasteiger partial charge in [0, 0.05) is 25.7 Å². The number of unbranched alkanes of at least 4 members (excludes halogenated alkanes) is 36. The molecule has 19 heteroatoms. The molecule has 0 saturated carbocycles. The number of hydrogen-bond acceptors (Lipinski definition) is 15. The molecule has 0 rings (SSSR count). The Hall–Kier alpha value is -1.94. The Morgan fingerprint density at radius 2 is 0.586 bits per heavy atom. The molecule has 0 amide bonds. The second-order valence-electron chi connectivity index (χ2n) is 25.3. The molecule has 0 aromatic heterocycles. The maximum atomic E-state index is 13.0. The van der Waals surface area contributed by atoms with Crippen molar-refractivity contribution in [1.82, 2.24) is 0 Å². The summed E-state index contributed by atoms with van der Waals surface area (Å²) in [5, 5.41) is 10.5. The van der Waals surface area contributed by atoms with E-state index in [2.05, 4.69) is 41.5 Å². The summed E-state index contributed by atoms with van der Waals surface area (Å²) in [5.74, 6) is -0.533. The highest BCUT2D eigenvalue weighted by molar-refractivity contribution is 7.47. The van der Waals surface area contributed by atoms with Crippen molar-refractivity contribution in [1.29, 1.82) is 0 Å². The molecule has 0 heterocycles. The van der Waals surface area contributed by atoms with Gasteiger partial charge in [0.05, 0.1) is 26.4 Å². The van der Waals surface area contributed by atoms with Crippen molar-refractivity contribution in [3.05, 3.63) is 0 Å². The summed E-state index contributed by atoms with van der Waals surface area (Å²) in [4.78, 5) is 72.2. The van der Waals surface area contributed by atoms with Crippen molar-refractivity contribution in [2.24, 2.45) is 11.8 Å². The molecule has 17 nitrogen and oxygen atoms in total.